The van der Waals surface area contributed by atoms with E-state index in [1.165, 1.54) is 63.7 Å². The van der Waals surface area contributed by atoms with Crippen LogP contribution in [0.4, 0.5) is 0 Å². The van der Waals surface area contributed by atoms with Crippen LogP contribution in [-0.4, -0.2) is 31.1 Å². The van der Waals surface area contributed by atoms with Gasteiger partial charge in [-0.1, -0.05) is 56.0 Å². The number of hydrogen-bond donors (Lipinski definition) is 1. The molecule has 20 heavy (non-hydrogen) atoms. The Kier molecular flexibility index (Phi) is 5.10. The van der Waals surface area contributed by atoms with Crippen LogP contribution in [0.2, 0.25) is 0 Å². The van der Waals surface area contributed by atoms with Gasteiger partial charge in [-0.2, -0.15) is 0 Å². The van der Waals surface area contributed by atoms with Gasteiger partial charge in [0.05, 0.1) is 0 Å². The Morgan fingerprint density at radius 2 is 1.90 bits per heavy atom. The molecule has 2 heteroatoms. The van der Waals surface area contributed by atoms with Crippen molar-refractivity contribution in [3.05, 3.63) is 35.9 Å². The molecule has 2 fully saturated rings. The topological polar surface area (TPSA) is 15.3 Å². The molecule has 2 aliphatic rings. The maximum Gasteiger partial charge on any atom is 0.0449 e. The molecule has 1 unspecified atom stereocenters. The molecule has 0 radical (unpaired) electrons. The van der Waals surface area contributed by atoms with Crippen molar-refractivity contribution >= 4 is 0 Å². The molecule has 0 aromatic heterocycles. The van der Waals surface area contributed by atoms with Crippen LogP contribution in [0.25, 0.3) is 0 Å². The second-order valence-corrected chi connectivity index (χ2v) is 6.51. The van der Waals surface area contributed by atoms with Crippen LogP contribution in [0.15, 0.2) is 30.3 Å². The van der Waals surface area contributed by atoms with E-state index >= 15 is 0 Å². The predicted octanol–water partition coefficient (Wildman–Crippen LogP) is 3.60. The second kappa shape index (κ2) is 7.24. The lowest BCUT2D eigenvalue weighted by Gasteiger charge is -2.34. The maximum atomic E-state index is 3.66. The third kappa shape index (κ3) is 3.83. The molecule has 1 aromatic carbocycles. The fourth-order valence-corrected chi connectivity index (χ4v) is 3.83. The second-order valence-electron chi connectivity index (χ2n) is 6.51. The van der Waals surface area contributed by atoms with E-state index in [1.54, 1.807) is 0 Å². The highest BCUT2D eigenvalue weighted by Crippen LogP contribution is 2.28. The van der Waals surface area contributed by atoms with Crippen LogP contribution in [0.3, 0.4) is 0 Å². The third-order valence-electron chi connectivity index (χ3n) is 5.02. The lowest BCUT2D eigenvalue weighted by Crippen LogP contribution is -2.46. The highest BCUT2D eigenvalue weighted by atomic mass is 15.2. The molecule has 1 N–H and O–H groups in total. The minimum atomic E-state index is 0.524. The van der Waals surface area contributed by atoms with Gasteiger partial charge in [-0.25, -0.2) is 0 Å². The molecule has 1 atom stereocenters. The standard InChI is InChI=1S/C18H28N2/c1-2-10-17(11-3-1)18-15-20(14-12-19-18)13-6-9-16-7-4-5-8-16/h1-3,10-11,16,18-19H,4-9,12-15H2. The van der Waals surface area contributed by atoms with E-state index in [2.05, 4.69) is 40.5 Å². The number of rotatable bonds is 5. The van der Waals surface area contributed by atoms with Gasteiger partial charge in [0.2, 0.25) is 0 Å². The average Bonchev–Trinajstić information content (AvgIpc) is 3.02. The van der Waals surface area contributed by atoms with Crippen molar-refractivity contribution in [2.45, 2.75) is 44.6 Å². The molecule has 1 aliphatic carbocycles. The van der Waals surface area contributed by atoms with Gasteiger partial charge in [-0.3, -0.25) is 0 Å². The van der Waals surface area contributed by atoms with Crippen LogP contribution in [0, 0.1) is 5.92 Å². The molecular formula is C18H28N2. The lowest BCUT2D eigenvalue weighted by atomic mass is 10.0. The summed E-state index contributed by atoms with van der Waals surface area (Å²) in [7, 11) is 0. The largest absolute Gasteiger partial charge is 0.308 e. The van der Waals surface area contributed by atoms with Gasteiger partial charge in [0.25, 0.3) is 0 Å². The van der Waals surface area contributed by atoms with Gasteiger partial charge >= 0.3 is 0 Å². The van der Waals surface area contributed by atoms with Gasteiger partial charge in [0.15, 0.2) is 0 Å². The third-order valence-corrected chi connectivity index (χ3v) is 5.02. The zero-order valence-electron chi connectivity index (χ0n) is 12.6. The van der Waals surface area contributed by atoms with E-state index in [4.69, 9.17) is 0 Å². The Bertz CT molecular complexity index is 384. The Morgan fingerprint density at radius 3 is 2.70 bits per heavy atom. The van der Waals surface area contributed by atoms with E-state index in [9.17, 15) is 0 Å². The molecule has 1 saturated heterocycles. The van der Waals surface area contributed by atoms with Crippen molar-refractivity contribution in [1.82, 2.24) is 10.2 Å². The zero-order valence-corrected chi connectivity index (χ0v) is 12.6. The van der Waals surface area contributed by atoms with Gasteiger partial charge in [0.1, 0.15) is 0 Å². The first kappa shape index (κ1) is 14.1. The van der Waals surface area contributed by atoms with E-state index in [-0.39, 0.29) is 0 Å². The minimum absolute atomic E-state index is 0.524. The zero-order chi connectivity index (χ0) is 13.6. The van der Waals surface area contributed by atoms with Gasteiger partial charge in [0, 0.05) is 25.7 Å². The minimum Gasteiger partial charge on any atom is -0.308 e. The number of piperazine rings is 1. The Morgan fingerprint density at radius 1 is 1.10 bits per heavy atom. The molecule has 0 spiro atoms. The van der Waals surface area contributed by atoms with Crippen molar-refractivity contribution in [1.29, 1.82) is 0 Å². The Balaban J connectivity index is 1.43. The first-order chi connectivity index (χ1) is 9.92. The normalized spacial score (nSPS) is 25.1. The summed E-state index contributed by atoms with van der Waals surface area (Å²) in [5.74, 6) is 1.04. The molecular weight excluding hydrogens is 244 g/mol. The summed E-state index contributed by atoms with van der Waals surface area (Å²) >= 11 is 0. The van der Waals surface area contributed by atoms with E-state index in [0.717, 1.165) is 12.5 Å². The van der Waals surface area contributed by atoms with Crippen molar-refractivity contribution in [3.63, 3.8) is 0 Å². The smallest absolute Gasteiger partial charge is 0.0449 e. The van der Waals surface area contributed by atoms with Crippen LogP contribution in [0.1, 0.15) is 50.1 Å². The summed E-state index contributed by atoms with van der Waals surface area (Å²) in [5, 5.41) is 3.66. The summed E-state index contributed by atoms with van der Waals surface area (Å²) in [6.45, 7) is 4.81. The number of nitrogens with zero attached hydrogens (tertiary/aromatic N) is 1. The Labute approximate surface area is 123 Å². The van der Waals surface area contributed by atoms with Crippen molar-refractivity contribution in [3.8, 4) is 0 Å². The van der Waals surface area contributed by atoms with E-state index < -0.39 is 0 Å². The highest BCUT2D eigenvalue weighted by molar-refractivity contribution is 5.19. The molecule has 2 nitrogen and oxygen atoms in total. The molecule has 1 saturated carbocycles. The van der Waals surface area contributed by atoms with Gasteiger partial charge in [-0.15, -0.1) is 0 Å². The van der Waals surface area contributed by atoms with Crippen LogP contribution in [0.5, 0.6) is 0 Å². The molecule has 3 rings (SSSR count). The molecule has 0 amide bonds. The van der Waals surface area contributed by atoms with Gasteiger partial charge in [-0.05, 0) is 30.9 Å². The number of hydrogen-bond acceptors (Lipinski definition) is 2. The van der Waals surface area contributed by atoms with Crippen LogP contribution in [-0.2, 0) is 0 Å². The summed E-state index contributed by atoms with van der Waals surface area (Å²) in [5.41, 5.74) is 1.44. The van der Waals surface area contributed by atoms with Crippen LogP contribution < -0.4 is 5.32 Å². The van der Waals surface area contributed by atoms with E-state index in [1.807, 2.05) is 0 Å². The summed E-state index contributed by atoms with van der Waals surface area (Å²) in [4.78, 5) is 2.66. The Hall–Kier alpha value is -0.860. The van der Waals surface area contributed by atoms with Crippen molar-refractivity contribution in [2.75, 3.05) is 26.2 Å². The van der Waals surface area contributed by atoms with Crippen molar-refractivity contribution in [2.24, 2.45) is 5.92 Å². The predicted molar refractivity (Wildman–Crippen MR) is 84.8 cm³/mol. The van der Waals surface area contributed by atoms with Crippen LogP contribution >= 0.6 is 0 Å². The monoisotopic (exact) mass is 272 g/mol. The SMILES string of the molecule is c1ccc(C2CN(CCCC3CCCC3)CCN2)cc1. The quantitative estimate of drug-likeness (QED) is 0.881. The highest BCUT2D eigenvalue weighted by Gasteiger charge is 2.21. The first-order valence-corrected chi connectivity index (χ1v) is 8.42. The summed E-state index contributed by atoms with van der Waals surface area (Å²) < 4.78 is 0. The molecule has 110 valence electrons. The molecule has 1 heterocycles. The first-order valence-electron chi connectivity index (χ1n) is 8.42. The number of benzene rings is 1. The molecule has 0 bridgehead atoms. The molecule has 1 aromatic rings. The summed E-state index contributed by atoms with van der Waals surface area (Å²) in [6.07, 6.45) is 8.80. The average molecular weight is 272 g/mol. The summed E-state index contributed by atoms with van der Waals surface area (Å²) in [6, 6.07) is 11.4. The fourth-order valence-electron chi connectivity index (χ4n) is 3.83. The number of nitrogens with one attached hydrogen (secondary N) is 1. The maximum absolute atomic E-state index is 3.66. The fraction of sp³-hybridized carbons (Fsp3) is 0.667. The molecule has 1 aliphatic heterocycles. The van der Waals surface area contributed by atoms with Gasteiger partial charge < -0.3 is 10.2 Å². The van der Waals surface area contributed by atoms with E-state index in [0.29, 0.717) is 6.04 Å². The van der Waals surface area contributed by atoms with Crippen molar-refractivity contribution < 1.29 is 0 Å². The lowest BCUT2D eigenvalue weighted by molar-refractivity contribution is 0.194.